The minimum absolute atomic E-state index is 0.198. The molecule has 2 aliphatic carbocycles. The number of carbonyl (C=O) groups is 4. The van der Waals surface area contributed by atoms with Crippen molar-refractivity contribution in [1.29, 1.82) is 0 Å². The van der Waals surface area contributed by atoms with E-state index < -0.39 is 40.3 Å². The highest BCUT2D eigenvalue weighted by atomic mass is 79.9. The first-order chi connectivity index (χ1) is 13.4. The van der Waals surface area contributed by atoms with Gasteiger partial charge < -0.3 is 9.47 Å². The van der Waals surface area contributed by atoms with Gasteiger partial charge in [-0.15, -0.1) is 0 Å². The van der Waals surface area contributed by atoms with Gasteiger partial charge in [-0.1, -0.05) is 52.3 Å². The molecule has 0 amide bonds. The lowest BCUT2D eigenvalue weighted by molar-refractivity contribution is -0.162. The summed E-state index contributed by atoms with van der Waals surface area (Å²) < 4.78 is 10.6. The summed E-state index contributed by atoms with van der Waals surface area (Å²) in [6, 6.07) is 13.1. The fourth-order valence-corrected chi connectivity index (χ4v) is 4.88. The van der Waals surface area contributed by atoms with Gasteiger partial charge in [0.2, 0.25) is 0 Å². The van der Waals surface area contributed by atoms with Gasteiger partial charge in [0, 0.05) is 21.5 Å². The van der Waals surface area contributed by atoms with E-state index in [9.17, 15) is 19.2 Å². The first kappa shape index (κ1) is 18.6. The van der Waals surface area contributed by atoms with Crippen LogP contribution in [0.1, 0.15) is 32.2 Å². The predicted octanol–water partition coefficient (Wildman–Crippen LogP) is 2.94. The highest BCUT2D eigenvalue weighted by Gasteiger charge is 2.94. The van der Waals surface area contributed by atoms with Crippen LogP contribution in [0.3, 0.4) is 0 Å². The standard InChI is InChI=1S/C21H15BrO6/c1-27-18(25)21(19(26)28-2)15(11-7-9-12(22)10-8-11)20(21)16(23)13-5-3-4-6-14(13)17(20)24/h3-10,15H,1-2H3. The molecule has 0 aliphatic heterocycles. The van der Waals surface area contributed by atoms with Crippen LogP contribution in [0.25, 0.3) is 0 Å². The van der Waals surface area contributed by atoms with E-state index in [-0.39, 0.29) is 11.1 Å². The maximum absolute atomic E-state index is 13.5. The normalized spacial score (nSPS) is 20.6. The lowest BCUT2D eigenvalue weighted by Gasteiger charge is -2.15. The Balaban J connectivity index is 2.02. The number of ketones is 2. The van der Waals surface area contributed by atoms with Crippen LogP contribution >= 0.6 is 15.9 Å². The van der Waals surface area contributed by atoms with Crippen molar-refractivity contribution in [2.45, 2.75) is 5.92 Å². The largest absolute Gasteiger partial charge is 0.468 e. The summed E-state index contributed by atoms with van der Waals surface area (Å²) >= 11 is 3.33. The van der Waals surface area contributed by atoms with E-state index in [4.69, 9.17) is 9.47 Å². The Morgan fingerprint density at radius 3 is 1.75 bits per heavy atom. The van der Waals surface area contributed by atoms with Gasteiger partial charge in [-0.05, 0) is 17.7 Å². The van der Waals surface area contributed by atoms with Crippen LogP contribution in [0.4, 0.5) is 0 Å². The number of ether oxygens (including phenoxy) is 2. The Labute approximate surface area is 169 Å². The molecule has 1 unspecified atom stereocenters. The molecule has 2 aromatic carbocycles. The van der Waals surface area contributed by atoms with Gasteiger partial charge in [0.25, 0.3) is 0 Å². The zero-order valence-electron chi connectivity index (χ0n) is 15.0. The van der Waals surface area contributed by atoms with Gasteiger partial charge in [-0.25, -0.2) is 0 Å². The first-order valence-corrected chi connectivity index (χ1v) is 9.29. The van der Waals surface area contributed by atoms with Gasteiger partial charge in [-0.2, -0.15) is 0 Å². The number of benzene rings is 2. The van der Waals surface area contributed by atoms with Crippen LogP contribution in [-0.2, 0) is 19.1 Å². The molecule has 0 heterocycles. The van der Waals surface area contributed by atoms with E-state index >= 15 is 0 Å². The molecule has 4 rings (SSSR count). The minimum Gasteiger partial charge on any atom is -0.468 e. The number of fused-ring (bicyclic) bond motifs is 1. The van der Waals surface area contributed by atoms with Gasteiger partial charge in [-0.3, -0.25) is 19.2 Å². The van der Waals surface area contributed by atoms with Crippen LogP contribution in [0.5, 0.6) is 0 Å². The molecule has 2 aromatic rings. The van der Waals surface area contributed by atoms with Crippen LogP contribution in [-0.4, -0.2) is 37.7 Å². The molecule has 2 aliphatic rings. The number of Topliss-reactive ketones (excluding diaryl/α,β-unsaturated/α-hetero) is 2. The van der Waals surface area contributed by atoms with Gasteiger partial charge in [0.05, 0.1) is 14.2 Å². The second-order valence-corrected chi connectivity index (χ2v) is 7.70. The van der Waals surface area contributed by atoms with Gasteiger partial charge in [0.15, 0.2) is 17.0 Å². The average molecular weight is 443 g/mol. The second kappa shape index (κ2) is 6.10. The van der Waals surface area contributed by atoms with Crippen LogP contribution in [0.2, 0.25) is 0 Å². The molecule has 28 heavy (non-hydrogen) atoms. The molecular weight excluding hydrogens is 428 g/mol. The topological polar surface area (TPSA) is 86.7 Å². The third kappa shape index (κ3) is 1.92. The minimum atomic E-state index is -2.06. The smallest absolute Gasteiger partial charge is 0.325 e. The summed E-state index contributed by atoms with van der Waals surface area (Å²) in [5, 5.41) is 0. The van der Waals surface area contributed by atoms with Crippen molar-refractivity contribution in [3.63, 3.8) is 0 Å². The Morgan fingerprint density at radius 1 is 0.857 bits per heavy atom. The maximum Gasteiger partial charge on any atom is 0.325 e. The van der Waals surface area contributed by atoms with Crippen LogP contribution < -0.4 is 0 Å². The zero-order valence-corrected chi connectivity index (χ0v) is 16.6. The molecule has 0 N–H and O–H groups in total. The van der Waals surface area contributed by atoms with E-state index in [1.807, 2.05) is 0 Å². The summed E-state index contributed by atoms with van der Waals surface area (Å²) in [6.45, 7) is 0. The van der Waals surface area contributed by atoms with E-state index in [2.05, 4.69) is 15.9 Å². The molecule has 0 aromatic heterocycles. The second-order valence-electron chi connectivity index (χ2n) is 6.79. The van der Waals surface area contributed by atoms with E-state index in [1.165, 1.54) is 12.1 Å². The maximum atomic E-state index is 13.5. The van der Waals surface area contributed by atoms with Crippen molar-refractivity contribution in [3.05, 3.63) is 69.7 Å². The van der Waals surface area contributed by atoms with E-state index in [0.29, 0.717) is 5.56 Å². The first-order valence-electron chi connectivity index (χ1n) is 8.49. The van der Waals surface area contributed by atoms with Crippen LogP contribution in [0.15, 0.2) is 53.0 Å². The zero-order chi connectivity index (χ0) is 20.3. The molecule has 1 fully saturated rings. The Morgan fingerprint density at radius 2 is 1.32 bits per heavy atom. The summed E-state index contributed by atoms with van der Waals surface area (Å²) in [5.74, 6) is -4.04. The third-order valence-electron chi connectivity index (χ3n) is 5.76. The summed E-state index contributed by atoms with van der Waals surface area (Å²) in [5.41, 5.74) is -3.05. The number of hydrogen-bond donors (Lipinski definition) is 0. The van der Waals surface area contributed by atoms with Crippen molar-refractivity contribution in [3.8, 4) is 0 Å². The fourth-order valence-electron chi connectivity index (χ4n) is 4.62. The Hall–Kier alpha value is -2.80. The quantitative estimate of drug-likeness (QED) is 0.536. The van der Waals surface area contributed by atoms with Gasteiger partial charge in [0.1, 0.15) is 5.41 Å². The number of rotatable bonds is 3. The highest BCUT2D eigenvalue weighted by molar-refractivity contribution is 9.10. The van der Waals surface area contributed by atoms with Gasteiger partial charge >= 0.3 is 11.9 Å². The number of halogens is 1. The SMILES string of the molecule is COC(=O)C1(C(=O)OC)C(c2ccc(Br)cc2)C12C(=O)c1ccccc1C2=O. The number of methoxy groups -OCH3 is 2. The molecule has 0 saturated heterocycles. The van der Waals surface area contributed by atoms with Crippen molar-refractivity contribution in [2.75, 3.05) is 14.2 Å². The van der Waals surface area contributed by atoms with Crippen molar-refractivity contribution in [2.24, 2.45) is 10.8 Å². The van der Waals surface area contributed by atoms with E-state index in [1.54, 1.807) is 36.4 Å². The molecule has 0 radical (unpaired) electrons. The summed E-state index contributed by atoms with van der Waals surface area (Å²) in [7, 11) is 2.24. The molecular formula is C21H15BrO6. The monoisotopic (exact) mass is 442 g/mol. The van der Waals surface area contributed by atoms with E-state index in [0.717, 1.165) is 18.7 Å². The number of hydrogen-bond acceptors (Lipinski definition) is 6. The summed E-state index contributed by atoms with van der Waals surface area (Å²) in [4.78, 5) is 52.7. The molecule has 142 valence electrons. The Bertz CT molecular complexity index is 988. The molecule has 7 heteroatoms. The Kier molecular flexibility index (Phi) is 4.04. The highest BCUT2D eigenvalue weighted by Crippen LogP contribution is 2.79. The molecule has 6 nitrogen and oxygen atoms in total. The van der Waals surface area contributed by atoms with Crippen molar-refractivity contribution >= 4 is 39.4 Å². The molecule has 0 bridgehead atoms. The molecule has 1 spiro atoms. The van der Waals surface area contributed by atoms with Crippen molar-refractivity contribution in [1.82, 2.24) is 0 Å². The number of esters is 2. The predicted molar refractivity (Wildman–Crippen MR) is 101 cm³/mol. The van der Waals surface area contributed by atoms with Crippen molar-refractivity contribution < 1.29 is 28.7 Å². The molecule has 1 atom stereocenters. The average Bonchev–Trinajstić information content (AvgIpc) is 3.31. The lowest BCUT2D eigenvalue weighted by atomic mass is 9.87. The fraction of sp³-hybridized carbons (Fsp3) is 0.238. The lowest BCUT2D eigenvalue weighted by Crippen LogP contribution is -2.39. The molecule has 1 saturated carbocycles. The van der Waals surface area contributed by atoms with Crippen LogP contribution in [0, 0.1) is 10.8 Å². The number of carbonyl (C=O) groups excluding carboxylic acids is 4. The summed E-state index contributed by atoms with van der Waals surface area (Å²) in [6.07, 6.45) is 0. The third-order valence-corrected chi connectivity index (χ3v) is 6.28.